The summed E-state index contributed by atoms with van der Waals surface area (Å²) in [4.78, 5) is 10.9. The van der Waals surface area contributed by atoms with Crippen LogP contribution in [0, 0.1) is 11.3 Å². The van der Waals surface area contributed by atoms with Crippen molar-refractivity contribution >= 4 is 17.6 Å². The van der Waals surface area contributed by atoms with Crippen LogP contribution in [0.3, 0.4) is 0 Å². The van der Waals surface area contributed by atoms with Crippen LogP contribution in [-0.2, 0) is 9.53 Å². The average molecular weight is 236 g/mol. The molecule has 0 saturated heterocycles. The van der Waals surface area contributed by atoms with Gasteiger partial charge >= 0.3 is 5.97 Å². The maximum Gasteiger partial charge on any atom is 0.303 e. The first-order valence-corrected chi connectivity index (χ1v) is 4.94. The lowest BCUT2D eigenvalue weighted by Crippen LogP contribution is -2.09. The van der Waals surface area contributed by atoms with E-state index in [1.165, 1.54) is 6.92 Å². The highest BCUT2D eigenvalue weighted by Crippen LogP contribution is 2.25. The van der Waals surface area contributed by atoms with Crippen molar-refractivity contribution < 1.29 is 9.53 Å². The number of ether oxygens (including phenoxy) is 1. The van der Waals surface area contributed by atoms with Gasteiger partial charge in [-0.25, -0.2) is 0 Å². The van der Waals surface area contributed by atoms with Crippen molar-refractivity contribution in [2.75, 3.05) is 0 Å². The van der Waals surface area contributed by atoms with Gasteiger partial charge in [0.05, 0.1) is 11.6 Å². The van der Waals surface area contributed by atoms with E-state index < -0.39 is 12.1 Å². The Morgan fingerprint density at radius 1 is 1.50 bits per heavy atom. The van der Waals surface area contributed by atoms with Crippen LogP contribution in [0.4, 0.5) is 0 Å². The Kier molecular flexibility index (Phi) is 4.10. The Balaban J connectivity index is 3.01. The molecule has 0 bridgehead atoms. The molecule has 3 nitrogen and oxygen atoms in total. The molecule has 0 amide bonds. The van der Waals surface area contributed by atoms with Crippen molar-refractivity contribution in [2.45, 2.75) is 13.0 Å². The van der Waals surface area contributed by atoms with Crippen LogP contribution in [0.1, 0.15) is 18.6 Å². The molecule has 1 aromatic carbocycles. The van der Waals surface area contributed by atoms with Crippen molar-refractivity contribution in [3.05, 3.63) is 47.0 Å². The summed E-state index contributed by atoms with van der Waals surface area (Å²) in [7, 11) is 0. The van der Waals surface area contributed by atoms with E-state index in [1.54, 1.807) is 24.3 Å². The SMILES string of the molecule is C=C(C#N)C(OC(C)=O)c1ccc(Cl)cc1. The van der Waals surface area contributed by atoms with Gasteiger partial charge in [-0.3, -0.25) is 4.79 Å². The third kappa shape index (κ3) is 3.11. The van der Waals surface area contributed by atoms with Gasteiger partial charge in [-0.05, 0) is 17.7 Å². The van der Waals surface area contributed by atoms with Crippen LogP contribution in [0.15, 0.2) is 36.4 Å². The smallest absolute Gasteiger partial charge is 0.303 e. The second kappa shape index (κ2) is 5.34. The number of halogens is 1. The first-order chi connectivity index (χ1) is 7.54. The number of rotatable bonds is 3. The van der Waals surface area contributed by atoms with Gasteiger partial charge in [0.15, 0.2) is 6.10 Å². The summed E-state index contributed by atoms with van der Waals surface area (Å²) >= 11 is 5.74. The maximum absolute atomic E-state index is 10.9. The van der Waals surface area contributed by atoms with Gasteiger partial charge in [0.2, 0.25) is 0 Å². The second-order valence-corrected chi connectivity index (χ2v) is 3.61. The number of nitrogens with zero attached hydrogens (tertiary/aromatic N) is 1. The lowest BCUT2D eigenvalue weighted by Gasteiger charge is -2.15. The minimum atomic E-state index is -0.736. The Morgan fingerprint density at radius 2 is 2.06 bits per heavy atom. The Bertz CT molecular complexity index is 445. The number of esters is 1. The van der Waals surface area contributed by atoms with Gasteiger partial charge in [0, 0.05) is 11.9 Å². The second-order valence-electron chi connectivity index (χ2n) is 3.18. The topological polar surface area (TPSA) is 50.1 Å². The highest BCUT2D eigenvalue weighted by atomic mass is 35.5. The summed E-state index contributed by atoms with van der Waals surface area (Å²) in [5.41, 5.74) is 0.851. The van der Waals surface area contributed by atoms with E-state index in [0.29, 0.717) is 10.6 Å². The fourth-order valence-corrected chi connectivity index (χ4v) is 1.33. The van der Waals surface area contributed by atoms with Gasteiger partial charge in [0.25, 0.3) is 0 Å². The fraction of sp³-hybridized carbons (Fsp3) is 0.167. The quantitative estimate of drug-likeness (QED) is 0.598. The molecule has 16 heavy (non-hydrogen) atoms. The minimum Gasteiger partial charge on any atom is -0.452 e. The maximum atomic E-state index is 10.9. The summed E-state index contributed by atoms with van der Waals surface area (Å²) in [5.74, 6) is -0.462. The van der Waals surface area contributed by atoms with E-state index in [1.807, 2.05) is 6.07 Å². The first-order valence-electron chi connectivity index (χ1n) is 4.56. The zero-order chi connectivity index (χ0) is 12.1. The van der Waals surface area contributed by atoms with E-state index in [4.69, 9.17) is 21.6 Å². The van der Waals surface area contributed by atoms with Crippen LogP contribution >= 0.6 is 11.6 Å². The molecule has 82 valence electrons. The van der Waals surface area contributed by atoms with Crippen molar-refractivity contribution in [1.82, 2.24) is 0 Å². The minimum absolute atomic E-state index is 0.178. The largest absolute Gasteiger partial charge is 0.452 e. The molecule has 0 aliphatic heterocycles. The number of hydrogen-bond donors (Lipinski definition) is 0. The van der Waals surface area contributed by atoms with Crippen LogP contribution in [0.25, 0.3) is 0 Å². The van der Waals surface area contributed by atoms with Gasteiger partial charge in [-0.15, -0.1) is 0 Å². The molecule has 4 heteroatoms. The lowest BCUT2D eigenvalue weighted by atomic mass is 10.0. The van der Waals surface area contributed by atoms with E-state index in [9.17, 15) is 4.79 Å². The average Bonchev–Trinajstić information content (AvgIpc) is 2.26. The van der Waals surface area contributed by atoms with E-state index >= 15 is 0 Å². The molecule has 0 N–H and O–H groups in total. The molecule has 0 spiro atoms. The molecular weight excluding hydrogens is 226 g/mol. The molecule has 0 aliphatic carbocycles. The number of carbonyl (C=O) groups is 1. The highest BCUT2D eigenvalue weighted by molar-refractivity contribution is 6.30. The molecule has 0 saturated carbocycles. The fourth-order valence-electron chi connectivity index (χ4n) is 1.20. The predicted molar refractivity (Wildman–Crippen MR) is 60.7 cm³/mol. The van der Waals surface area contributed by atoms with E-state index in [-0.39, 0.29) is 5.57 Å². The molecule has 0 fully saturated rings. The van der Waals surface area contributed by atoms with Gasteiger partial charge < -0.3 is 4.74 Å². The van der Waals surface area contributed by atoms with Crippen molar-refractivity contribution in [2.24, 2.45) is 0 Å². The summed E-state index contributed by atoms with van der Waals surface area (Å²) in [5, 5.41) is 9.34. The zero-order valence-corrected chi connectivity index (χ0v) is 9.49. The van der Waals surface area contributed by atoms with Crippen molar-refractivity contribution in [3.8, 4) is 6.07 Å². The molecule has 1 atom stereocenters. The molecule has 0 radical (unpaired) electrons. The molecule has 1 aromatic rings. The van der Waals surface area contributed by atoms with Crippen LogP contribution < -0.4 is 0 Å². The molecule has 1 rings (SSSR count). The third-order valence-electron chi connectivity index (χ3n) is 1.92. The third-order valence-corrected chi connectivity index (χ3v) is 2.17. The summed E-state index contributed by atoms with van der Waals surface area (Å²) < 4.78 is 5.02. The Morgan fingerprint density at radius 3 is 2.50 bits per heavy atom. The predicted octanol–water partition coefficient (Wildman–Crippen LogP) is 3.02. The zero-order valence-electron chi connectivity index (χ0n) is 8.74. The van der Waals surface area contributed by atoms with E-state index in [0.717, 1.165) is 0 Å². The van der Waals surface area contributed by atoms with E-state index in [2.05, 4.69) is 6.58 Å². The monoisotopic (exact) mass is 235 g/mol. The summed E-state index contributed by atoms with van der Waals surface area (Å²) in [6.07, 6.45) is -0.736. The van der Waals surface area contributed by atoms with Crippen molar-refractivity contribution in [3.63, 3.8) is 0 Å². The van der Waals surface area contributed by atoms with Crippen LogP contribution in [0.2, 0.25) is 5.02 Å². The molecular formula is C12H10ClNO2. The Labute approximate surface area is 98.9 Å². The highest BCUT2D eigenvalue weighted by Gasteiger charge is 2.18. The normalized spacial score (nSPS) is 11.3. The molecule has 0 aliphatic rings. The number of benzene rings is 1. The summed E-state index contributed by atoms with van der Waals surface area (Å²) in [6.45, 7) is 4.84. The number of carbonyl (C=O) groups excluding carboxylic acids is 1. The Hall–Kier alpha value is -1.79. The summed E-state index contributed by atoms with van der Waals surface area (Å²) in [6, 6.07) is 8.59. The molecule has 0 aromatic heterocycles. The van der Waals surface area contributed by atoms with Gasteiger partial charge in [0.1, 0.15) is 0 Å². The molecule has 1 unspecified atom stereocenters. The van der Waals surface area contributed by atoms with Crippen LogP contribution in [0.5, 0.6) is 0 Å². The standard InChI is InChI=1S/C12H10ClNO2/c1-8(7-14)12(16-9(2)15)10-3-5-11(13)6-4-10/h3-6,12H,1H2,2H3. The van der Waals surface area contributed by atoms with Crippen molar-refractivity contribution in [1.29, 1.82) is 5.26 Å². The number of nitriles is 1. The lowest BCUT2D eigenvalue weighted by molar-refractivity contribution is -0.144. The first kappa shape index (κ1) is 12.3. The van der Waals surface area contributed by atoms with Gasteiger partial charge in [-0.2, -0.15) is 5.26 Å². The number of hydrogen-bond acceptors (Lipinski definition) is 3. The van der Waals surface area contributed by atoms with Gasteiger partial charge in [-0.1, -0.05) is 30.3 Å². The van der Waals surface area contributed by atoms with Crippen LogP contribution in [-0.4, -0.2) is 5.97 Å². The molecule has 0 heterocycles.